The Bertz CT molecular complexity index is 823. The lowest BCUT2D eigenvalue weighted by Crippen LogP contribution is -2.17. The first-order chi connectivity index (χ1) is 11.9. The quantitative estimate of drug-likeness (QED) is 0.834. The van der Waals surface area contributed by atoms with E-state index in [0.717, 1.165) is 12.1 Å². The Hall–Kier alpha value is -3.16. The minimum atomic E-state index is -1.32. The third-order valence-electron chi connectivity index (χ3n) is 3.26. The number of ether oxygens (including phenoxy) is 2. The number of benzene rings is 2. The van der Waals surface area contributed by atoms with E-state index < -0.39 is 29.1 Å². The third-order valence-corrected chi connectivity index (χ3v) is 3.26. The highest BCUT2D eigenvalue weighted by Crippen LogP contribution is 2.34. The number of halogens is 2. The number of hydrogen-bond acceptors (Lipinski definition) is 4. The van der Waals surface area contributed by atoms with Gasteiger partial charge >= 0.3 is 5.97 Å². The van der Waals surface area contributed by atoms with Crippen LogP contribution in [0.2, 0.25) is 0 Å². The zero-order valence-corrected chi connectivity index (χ0v) is 13.4. The van der Waals surface area contributed by atoms with Crippen molar-refractivity contribution in [2.24, 2.45) is 0 Å². The number of carbonyl (C=O) groups is 2. The highest BCUT2D eigenvalue weighted by Gasteiger charge is 2.20. The van der Waals surface area contributed by atoms with Gasteiger partial charge in [0.1, 0.15) is 11.6 Å². The van der Waals surface area contributed by atoms with E-state index in [0.29, 0.717) is 6.07 Å². The lowest BCUT2D eigenvalue weighted by molar-refractivity contribution is 0.0697. The maximum Gasteiger partial charge on any atom is 0.337 e. The van der Waals surface area contributed by atoms with Gasteiger partial charge in [-0.05, 0) is 19.1 Å². The normalized spacial score (nSPS) is 10.2. The topological polar surface area (TPSA) is 84.9 Å². The first kappa shape index (κ1) is 18.2. The molecule has 2 aromatic rings. The van der Waals surface area contributed by atoms with Crippen LogP contribution < -0.4 is 14.8 Å². The van der Waals surface area contributed by atoms with Gasteiger partial charge in [0.25, 0.3) is 5.91 Å². The standard InChI is InChI=1S/C17H15F2NO5/c1-3-25-15-7-11(17(22)23)13(8-14(15)24-2)20-16(21)10-5-4-9(18)6-12(10)19/h4-8H,3H2,1-2H3,(H,20,21)(H,22,23). The Morgan fingerprint density at radius 1 is 1.12 bits per heavy atom. The Morgan fingerprint density at radius 2 is 1.84 bits per heavy atom. The van der Waals surface area contributed by atoms with Gasteiger partial charge in [0.15, 0.2) is 11.5 Å². The van der Waals surface area contributed by atoms with Crippen LogP contribution in [0.5, 0.6) is 11.5 Å². The molecule has 2 N–H and O–H groups in total. The summed E-state index contributed by atoms with van der Waals surface area (Å²) in [4.78, 5) is 23.6. The largest absolute Gasteiger partial charge is 0.493 e. The van der Waals surface area contributed by atoms with Crippen molar-refractivity contribution in [1.82, 2.24) is 0 Å². The van der Waals surface area contributed by atoms with Crippen molar-refractivity contribution in [2.75, 3.05) is 19.0 Å². The summed E-state index contributed by atoms with van der Waals surface area (Å²) in [5, 5.41) is 11.6. The number of rotatable bonds is 6. The molecule has 0 fully saturated rings. The second kappa shape index (κ2) is 7.61. The predicted octanol–water partition coefficient (Wildman–Crippen LogP) is 3.32. The molecule has 0 aliphatic rings. The van der Waals surface area contributed by atoms with Crippen molar-refractivity contribution in [3.63, 3.8) is 0 Å². The molecule has 0 aromatic heterocycles. The summed E-state index contributed by atoms with van der Waals surface area (Å²) in [6, 6.07) is 4.90. The molecule has 0 saturated heterocycles. The van der Waals surface area contributed by atoms with E-state index in [4.69, 9.17) is 9.47 Å². The summed E-state index contributed by atoms with van der Waals surface area (Å²) < 4.78 is 37.1. The van der Waals surface area contributed by atoms with Crippen LogP contribution in [0.3, 0.4) is 0 Å². The number of carboxylic acid groups (broad SMARTS) is 1. The first-order valence-corrected chi connectivity index (χ1v) is 7.21. The third kappa shape index (κ3) is 4.03. The van der Waals surface area contributed by atoms with E-state index in [1.54, 1.807) is 6.92 Å². The molecule has 8 heteroatoms. The van der Waals surface area contributed by atoms with E-state index in [1.165, 1.54) is 19.2 Å². The van der Waals surface area contributed by atoms with Crippen molar-refractivity contribution in [3.8, 4) is 11.5 Å². The minimum absolute atomic E-state index is 0.110. The van der Waals surface area contributed by atoms with Crippen molar-refractivity contribution in [2.45, 2.75) is 6.92 Å². The van der Waals surface area contributed by atoms with Crippen molar-refractivity contribution < 1.29 is 33.0 Å². The second-order valence-corrected chi connectivity index (χ2v) is 4.87. The Balaban J connectivity index is 2.43. The zero-order valence-electron chi connectivity index (χ0n) is 13.4. The van der Waals surface area contributed by atoms with Crippen molar-refractivity contribution >= 4 is 17.6 Å². The summed E-state index contributed by atoms with van der Waals surface area (Å²) in [5.74, 6) is -3.75. The number of carboxylic acids is 1. The molecule has 2 aromatic carbocycles. The lowest BCUT2D eigenvalue weighted by atomic mass is 10.1. The average Bonchev–Trinajstić information content (AvgIpc) is 2.55. The Labute approximate surface area is 142 Å². The van der Waals surface area contributed by atoms with Gasteiger partial charge in [0.2, 0.25) is 0 Å². The fourth-order valence-electron chi connectivity index (χ4n) is 2.13. The van der Waals surface area contributed by atoms with Crippen molar-refractivity contribution in [3.05, 3.63) is 53.1 Å². The monoisotopic (exact) mass is 351 g/mol. The first-order valence-electron chi connectivity index (χ1n) is 7.21. The van der Waals surface area contributed by atoms with Crippen LogP contribution >= 0.6 is 0 Å². The van der Waals surface area contributed by atoms with Gasteiger partial charge < -0.3 is 19.9 Å². The molecule has 0 bridgehead atoms. The molecule has 0 saturated carbocycles. The molecule has 132 valence electrons. The zero-order chi connectivity index (χ0) is 18.6. The minimum Gasteiger partial charge on any atom is -0.493 e. The number of carbonyl (C=O) groups excluding carboxylic acids is 1. The number of nitrogens with one attached hydrogen (secondary N) is 1. The number of aromatic carboxylic acids is 1. The summed E-state index contributed by atoms with van der Waals surface area (Å²) in [6.07, 6.45) is 0. The van der Waals surface area contributed by atoms with E-state index in [-0.39, 0.29) is 29.4 Å². The molecule has 0 atom stereocenters. The second-order valence-electron chi connectivity index (χ2n) is 4.87. The van der Waals surface area contributed by atoms with Gasteiger partial charge in [-0.3, -0.25) is 4.79 Å². The number of methoxy groups -OCH3 is 1. The molecule has 0 heterocycles. The van der Waals surface area contributed by atoms with E-state index in [2.05, 4.69) is 5.32 Å². The lowest BCUT2D eigenvalue weighted by Gasteiger charge is -2.14. The molecule has 25 heavy (non-hydrogen) atoms. The van der Waals surface area contributed by atoms with Crippen LogP contribution in [-0.2, 0) is 0 Å². The molecule has 6 nitrogen and oxygen atoms in total. The van der Waals surface area contributed by atoms with E-state index in [1.807, 2.05) is 0 Å². The fraction of sp³-hybridized carbons (Fsp3) is 0.176. The van der Waals surface area contributed by atoms with E-state index in [9.17, 15) is 23.5 Å². The summed E-state index contributed by atoms with van der Waals surface area (Å²) in [6.45, 7) is 1.99. The molecule has 2 rings (SSSR count). The van der Waals surface area contributed by atoms with Gasteiger partial charge in [0.05, 0.1) is 30.5 Å². The van der Waals surface area contributed by atoms with Crippen molar-refractivity contribution in [1.29, 1.82) is 0 Å². The molecule has 0 aliphatic heterocycles. The number of anilines is 1. The van der Waals surface area contributed by atoms with Crippen LogP contribution in [0.4, 0.5) is 14.5 Å². The molecule has 0 spiro atoms. The molecule has 1 amide bonds. The van der Waals surface area contributed by atoms with Crippen LogP contribution in [0, 0.1) is 11.6 Å². The summed E-state index contributed by atoms with van der Waals surface area (Å²) in [7, 11) is 1.35. The molecular weight excluding hydrogens is 336 g/mol. The molecule has 0 unspecified atom stereocenters. The van der Waals surface area contributed by atoms with Crippen LogP contribution in [0.25, 0.3) is 0 Å². The van der Waals surface area contributed by atoms with Crippen LogP contribution in [0.1, 0.15) is 27.6 Å². The summed E-state index contributed by atoms with van der Waals surface area (Å²) >= 11 is 0. The fourth-order valence-corrected chi connectivity index (χ4v) is 2.13. The van der Waals surface area contributed by atoms with Crippen LogP contribution in [-0.4, -0.2) is 30.7 Å². The van der Waals surface area contributed by atoms with Gasteiger partial charge in [-0.1, -0.05) is 0 Å². The summed E-state index contributed by atoms with van der Waals surface area (Å²) in [5.41, 5.74) is -0.799. The van der Waals surface area contributed by atoms with E-state index >= 15 is 0 Å². The SMILES string of the molecule is CCOc1cc(C(=O)O)c(NC(=O)c2ccc(F)cc2F)cc1OC. The predicted molar refractivity (Wildman–Crippen MR) is 85.4 cm³/mol. The molecule has 0 aliphatic carbocycles. The Morgan fingerprint density at radius 3 is 2.40 bits per heavy atom. The van der Waals surface area contributed by atoms with Gasteiger partial charge in [-0.25, -0.2) is 13.6 Å². The highest BCUT2D eigenvalue weighted by molar-refractivity contribution is 6.08. The van der Waals surface area contributed by atoms with Gasteiger partial charge in [-0.2, -0.15) is 0 Å². The average molecular weight is 351 g/mol. The number of hydrogen-bond donors (Lipinski definition) is 2. The van der Waals surface area contributed by atoms with Gasteiger partial charge in [-0.15, -0.1) is 0 Å². The maximum atomic E-state index is 13.7. The molecule has 0 radical (unpaired) electrons. The highest BCUT2D eigenvalue weighted by atomic mass is 19.1. The maximum absolute atomic E-state index is 13.7. The van der Waals surface area contributed by atoms with Crippen LogP contribution in [0.15, 0.2) is 30.3 Å². The Kier molecular flexibility index (Phi) is 5.53. The number of amides is 1. The van der Waals surface area contributed by atoms with Gasteiger partial charge in [0, 0.05) is 18.2 Å². The smallest absolute Gasteiger partial charge is 0.337 e. The molecular formula is C17H15F2NO5.